The molecule has 0 aliphatic heterocycles. The van der Waals surface area contributed by atoms with Crippen molar-refractivity contribution >= 4 is 29.1 Å². The van der Waals surface area contributed by atoms with Crippen molar-refractivity contribution in [3.05, 3.63) is 47.5 Å². The Morgan fingerprint density at radius 3 is 2.29 bits per heavy atom. The second kappa shape index (κ2) is 5.95. The van der Waals surface area contributed by atoms with E-state index in [1.165, 1.54) is 4.52 Å². The first kappa shape index (κ1) is 15.4. The highest BCUT2D eigenvalue weighted by Crippen LogP contribution is 2.14. The van der Waals surface area contributed by atoms with Crippen molar-refractivity contribution < 1.29 is 9.59 Å². The van der Waals surface area contributed by atoms with Crippen LogP contribution < -0.4 is 16.4 Å². The van der Waals surface area contributed by atoms with E-state index in [0.717, 1.165) is 11.4 Å². The van der Waals surface area contributed by atoms with Gasteiger partial charge in [0.2, 0.25) is 5.82 Å². The zero-order valence-electron chi connectivity index (χ0n) is 13.1. The van der Waals surface area contributed by atoms with E-state index in [-0.39, 0.29) is 5.82 Å². The van der Waals surface area contributed by atoms with E-state index in [9.17, 15) is 9.59 Å². The summed E-state index contributed by atoms with van der Waals surface area (Å²) in [6.45, 7) is 3.71. The van der Waals surface area contributed by atoms with Gasteiger partial charge in [-0.1, -0.05) is 0 Å². The van der Waals surface area contributed by atoms with E-state index in [1.54, 1.807) is 24.3 Å². The smallest absolute Gasteiger partial charge is 0.316 e. The molecule has 0 spiro atoms. The molecule has 0 aliphatic carbocycles. The van der Waals surface area contributed by atoms with Gasteiger partial charge in [-0.2, -0.15) is 4.98 Å². The van der Waals surface area contributed by atoms with Gasteiger partial charge in [-0.15, -0.1) is 5.10 Å². The average Bonchev–Trinajstić information content (AvgIpc) is 2.93. The fraction of sp³-hybridized carbons (Fsp3) is 0.133. The number of nitrogens with zero attached hydrogens (tertiary/aromatic N) is 4. The first-order valence-corrected chi connectivity index (χ1v) is 7.11. The van der Waals surface area contributed by atoms with Gasteiger partial charge in [-0.05, 0) is 44.2 Å². The number of hydrogen-bond donors (Lipinski definition) is 3. The molecule has 9 heteroatoms. The number of aryl methyl sites for hydroxylation is 2. The number of hydrogen-bond acceptors (Lipinski definition) is 5. The Morgan fingerprint density at radius 1 is 1.04 bits per heavy atom. The van der Waals surface area contributed by atoms with E-state index < -0.39 is 11.9 Å². The molecule has 122 valence electrons. The lowest BCUT2D eigenvalue weighted by atomic mass is 10.3. The van der Waals surface area contributed by atoms with Crippen LogP contribution in [0.4, 0.5) is 16.2 Å². The number of nitrogens with two attached hydrogens (primary N) is 1. The van der Waals surface area contributed by atoms with Crippen LogP contribution in [0.5, 0.6) is 0 Å². The summed E-state index contributed by atoms with van der Waals surface area (Å²) in [5, 5.41) is 9.28. The van der Waals surface area contributed by atoms with E-state index in [4.69, 9.17) is 5.73 Å². The van der Waals surface area contributed by atoms with Gasteiger partial charge in [0.1, 0.15) is 0 Å². The summed E-state index contributed by atoms with van der Waals surface area (Å²) in [5.41, 5.74) is 7.74. The number of carbonyl (C=O) groups excluding carboxylic acids is 2. The van der Waals surface area contributed by atoms with Crippen LogP contribution in [-0.2, 0) is 0 Å². The van der Waals surface area contributed by atoms with Gasteiger partial charge in [0.05, 0.1) is 0 Å². The monoisotopic (exact) mass is 325 g/mol. The van der Waals surface area contributed by atoms with Crippen molar-refractivity contribution in [3.63, 3.8) is 0 Å². The largest absolute Gasteiger partial charge is 0.351 e. The topological polar surface area (TPSA) is 127 Å². The molecule has 0 radical (unpaired) electrons. The summed E-state index contributed by atoms with van der Waals surface area (Å²) < 4.78 is 1.52. The molecule has 0 bridgehead atoms. The lowest BCUT2D eigenvalue weighted by Crippen LogP contribution is -2.19. The van der Waals surface area contributed by atoms with Crippen LogP contribution in [0.25, 0.3) is 5.78 Å². The molecular weight excluding hydrogens is 310 g/mol. The maximum absolute atomic E-state index is 12.3. The molecule has 0 saturated heterocycles. The highest BCUT2D eigenvalue weighted by atomic mass is 16.2. The van der Waals surface area contributed by atoms with Gasteiger partial charge >= 0.3 is 6.03 Å². The lowest BCUT2D eigenvalue weighted by molar-refractivity contribution is 0.101. The fourth-order valence-electron chi connectivity index (χ4n) is 2.23. The predicted octanol–water partition coefficient (Wildman–Crippen LogP) is 1.48. The molecule has 2 aromatic heterocycles. The molecule has 2 heterocycles. The number of carbonyl (C=O) groups is 2. The minimum absolute atomic E-state index is 0.0236. The summed E-state index contributed by atoms with van der Waals surface area (Å²) in [6.07, 6.45) is 0. The minimum Gasteiger partial charge on any atom is -0.351 e. The average molecular weight is 325 g/mol. The second-order valence-corrected chi connectivity index (χ2v) is 5.21. The van der Waals surface area contributed by atoms with Crippen LogP contribution in [-0.4, -0.2) is 31.5 Å². The molecule has 24 heavy (non-hydrogen) atoms. The van der Waals surface area contributed by atoms with Crippen LogP contribution in [0.2, 0.25) is 0 Å². The number of rotatable bonds is 3. The first-order chi connectivity index (χ1) is 11.4. The number of nitrogens with one attached hydrogen (secondary N) is 2. The van der Waals surface area contributed by atoms with E-state index in [0.29, 0.717) is 17.2 Å². The predicted molar refractivity (Wildman–Crippen MR) is 87.9 cm³/mol. The van der Waals surface area contributed by atoms with Gasteiger partial charge in [0.25, 0.3) is 11.7 Å². The summed E-state index contributed by atoms with van der Waals surface area (Å²) in [5.74, 6) is -0.0534. The molecular formula is C15H15N7O2. The van der Waals surface area contributed by atoms with E-state index in [1.807, 2.05) is 19.9 Å². The summed E-state index contributed by atoms with van der Waals surface area (Å²) in [4.78, 5) is 31.4. The molecule has 4 N–H and O–H groups in total. The zero-order chi connectivity index (χ0) is 17.3. The van der Waals surface area contributed by atoms with Crippen molar-refractivity contribution in [1.29, 1.82) is 0 Å². The van der Waals surface area contributed by atoms with Gasteiger partial charge in [-0.25, -0.2) is 14.3 Å². The Bertz CT molecular complexity index is 931. The van der Waals surface area contributed by atoms with Gasteiger partial charge in [-0.3, -0.25) is 4.79 Å². The maximum Gasteiger partial charge on any atom is 0.316 e. The Balaban J connectivity index is 1.79. The first-order valence-electron chi connectivity index (χ1n) is 7.11. The van der Waals surface area contributed by atoms with Gasteiger partial charge in [0, 0.05) is 22.8 Å². The molecule has 1 aromatic carbocycles. The van der Waals surface area contributed by atoms with E-state index >= 15 is 0 Å². The number of anilines is 2. The normalized spacial score (nSPS) is 10.6. The number of benzene rings is 1. The van der Waals surface area contributed by atoms with Crippen molar-refractivity contribution in [1.82, 2.24) is 19.6 Å². The van der Waals surface area contributed by atoms with Crippen LogP contribution in [0.1, 0.15) is 22.0 Å². The zero-order valence-corrected chi connectivity index (χ0v) is 13.1. The molecule has 0 saturated carbocycles. The Kier molecular flexibility index (Phi) is 3.82. The number of urea groups is 1. The molecule has 0 fully saturated rings. The van der Waals surface area contributed by atoms with Crippen LogP contribution in [0.15, 0.2) is 30.3 Å². The highest BCUT2D eigenvalue weighted by Gasteiger charge is 2.15. The van der Waals surface area contributed by atoms with Crippen molar-refractivity contribution in [3.8, 4) is 0 Å². The summed E-state index contributed by atoms with van der Waals surface area (Å²) in [7, 11) is 0. The third kappa shape index (κ3) is 3.14. The van der Waals surface area contributed by atoms with E-state index in [2.05, 4.69) is 25.7 Å². The van der Waals surface area contributed by atoms with Crippen molar-refractivity contribution in [2.45, 2.75) is 13.8 Å². The summed E-state index contributed by atoms with van der Waals surface area (Å²) >= 11 is 0. The molecule has 0 atom stereocenters. The lowest BCUT2D eigenvalue weighted by Gasteiger charge is -2.05. The standard InChI is InChI=1S/C15H15N7O2/c1-8-7-9(2)22-15(17-8)20-12(21-22)13(23)18-10-3-5-11(6-4-10)19-14(16)24/h3-7H,1-2H3,(H,18,23)(H3,16,19,24). The maximum atomic E-state index is 12.3. The molecule has 3 aromatic rings. The van der Waals surface area contributed by atoms with Crippen molar-refractivity contribution in [2.75, 3.05) is 10.6 Å². The summed E-state index contributed by atoms with van der Waals surface area (Å²) in [6, 6.07) is 7.70. The highest BCUT2D eigenvalue weighted by molar-refractivity contribution is 6.02. The third-order valence-electron chi connectivity index (χ3n) is 3.23. The van der Waals surface area contributed by atoms with Crippen LogP contribution in [0, 0.1) is 13.8 Å². The quantitative estimate of drug-likeness (QED) is 0.672. The minimum atomic E-state index is -0.654. The Hall–Kier alpha value is -3.49. The molecule has 0 aliphatic rings. The van der Waals surface area contributed by atoms with Crippen LogP contribution >= 0.6 is 0 Å². The van der Waals surface area contributed by atoms with Crippen LogP contribution in [0.3, 0.4) is 0 Å². The Morgan fingerprint density at radius 2 is 1.67 bits per heavy atom. The van der Waals surface area contributed by atoms with Gasteiger partial charge in [0.15, 0.2) is 0 Å². The molecule has 0 unspecified atom stereocenters. The molecule has 3 rings (SSSR count). The van der Waals surface area contributed by atoms with Crippen molar-refractivity contribution in [2.24, 2.45) is 5.73 Å². The molecule has 9 nitrogen and oxygen atoms in total. The molecule has 3 amide bonds. The van der Waals surface area contributed by atoms with Gasteiger partial charge < -0.3 is 16.4 Å². The fourth-order valence-corrected chi connectivity index (χ4v) is 2.23. The SMILES string of the molecule is Cc1cc(C)n2nc(C(=O)Nc3ccc(NC(N)=O)cc3)nc2n1. The number of aromatic nitrogens is 4. The Labute approximate surface area is 136 Å². The number of fused-ring (bicyclic) bond motifs is 1. The number of amides is 3. The third-order valence-corrected chi connectivity index (χ3v) is 3.23. The number of primary amides is 1. The second-order valence-electron chi connectivity index (χ2n) is 5.21.